The molecule has 0 spiro atoms. The molecule has 1 fully saturated rings. The van der Waals surface area contributed by atoms with Crippen molar-refractivity contribution in [1.29, 1.82) is 0 Å². The lowest BCUT2D eigenvalue weighted by Crippen LogP contribution is -2.56. The number of nitrogens with zero attached hydrogens (tertiary/aromatic N) is 1. The molecule has 4 nitrogen and oxygen atoms in total. The van der Waals surface area contributed by atoms with Crippen molar-refractivity contribution in [3.63, 3.8) is 0 Å². The molecular weight excluding hydrogens is 238 g/mol. The quantitative estimate of drug-likeness (QED) is 0.738. The molecule has 0 aliphatic carbocycles. The normalized spacial score (nSPS) is 25.0. The molecule has 1 heterocycles. The molecule has 2 N–H and O–H groups in total. The predicted octanol–water partition coefficient (Wildman–Crippen LogP) is 1.61. The van der Waals surface area contributed by atoms with Gasteiger partial charge in [0.05, 0.1) is 5.54 Å². The molecule has 1 aliphatic rings. The van der Waals surface area contributed by atoms with Crippen LogP contribution in [0.15, 0.2) is 0 Å². The van der Waals surface area contributed by atoms with Crippen LogP contribution >= 0.6 is 0 Å². The standard InChI is InChI=1S/C15H31N3O/c1-6-8-15(9-7-10-17-15)14(19)16-11-13(12(2)3)18(4)5/h12-13,17H,6-11H2,1-5H3,(H,16,19). The summed E-state index contributed by atoms with van der Waals surface area (Å²) in [5.74, 6) is 0.730. The Bertz CT molecular complexity index is 275. The molecule has 1 rings (SSSR count). The van der Waals surface area contributed by atoms with Crippen molar-refractivity contribution in [1.82, 2.24) is 15.5 Å². The monoisotopic (exact) mass is 269 g/mol. The van der Waals surface area contributed by atoms with Crippen LogP contribution < -0.4 is 10.6 Å². The zero-order valence-corrected chi connectivity index (χ0v) is 13.3. The second kappa shape index (κ2) is 7.25. The molecule has 0 aromatic carbocycles. The Labute approximate surface area is 118 Å². The van der Waals surface area contributed by atoms with Gasteiger partial charge in [0.25, 0.3) is 0 Å². The van der Waals surface area contributed by atoms with Gasteiger partial charge in [-0.25, -0.2) is 0 Å². The minimum absolute atomic E-state index is 0.194. The first-order chi connectivity index (χ1) is 8.93. The number of rotatable bonds is 7. The van der Waals surface area contributed by atoms with Gasteiger partial charge in [-0.1, -0.05) is 27.2 Å². The third-order valence-corrected chi connectivity index (χ3v) is 4.26. The molecule has 1 aliphatic heterocycles. The Morgan fingerprint density at radius 3 is 2.53 bits per heavy atom. The zero-order valence-electron chi connectivity index (χ0n) is 13.3. The highest BCUT2D eigenvalue weighted by Crippen LogP contribution is 2.25. The minimum Gasteiger partial charge on any atom is -0.353 e. The van der Waals surface area contributed by atoms with Crippen molar-refractivity contribution in [2.45, 2.75) is 58.0 Å². The van der Waals surface area contributed by atoms with Crippen molar-refractivity contribution in [3.05, 3.63) is 0 Å². The summed E-state index contributed by atoms with van der Waals surface area (Å²) in [7, 11) is 4.15. The van der Waals surface area contributed by atoms with Crippen molar-refractivity contribution in [2.24, 2.45) is 5.92 Å². The van der Waals surface area contributed by atoms with E-state index in [-0.39, 0.29) is 11.4 Å². The fourth-order valence-electron chi connectivity index (χ4n) is 3.13. The molecule has 1 saturated heterocycles. The average Bonchev–Trinajstić information content (AvgIpc) is 2.78. The summed E-state index contributed by atoms with van der Waals surface area (Å²) in [6.07, 6.45) is 4.06. The summed E-state index contributed by atoms with van der Waals surface area (Å²) in [5.41, 5.74) is -0.303. The van der Waals surface area contributed by atoms with Crippen molar-refractivity contribution in [3.8, 4) is 0 Å². The SMILES string of the molecule is CCCC1(C(=O)NCC(C(C)C)N(C)C)CCCN1. The van der Waals surface area contributed by atoms with Crippen molar-refractivity contribution >= 4 is 5.91 Å². The number of hydrogen-bond donors (Lipinski definition) is 2. The second-order valence-electron chi connectivity index (χ2n) is 6.35. The van der Waals surface area contributed by atoms with Gasteiger partial charge in [0.1, 0.15) is 0 Å². The number of nitrogens with one attached hydrogen (secondary N) is 2. The van der Waals surface area contributed by atoms with Gasteiger partial charge >= 0.3 is 0 Å². The number of hydrogen-bond acceptors (Lipinski definition) is 3. The molecule has 19 heavy (non-hydrogen) atoms. The van der Waals surface area contributed by atoms with Crippen LogP contribution in [0.2, 0.25) is 0 Å². The van der Waals surface area contributed by atoms with E-state index in [1.54, 1.807) is 0 Å². The van der Waals surface area contributed by atoms with E-state index >= 15 is 0 Å². The number of carbonyl (C=O) groups excluding carboxylic acids is 1. The Balaban J connectivity index is 2.57. The van der Waals surface area contributed by atoms with Gasteiger partial charge in [-0.3, -0.25) is 4.79 Å². The number of likely N-dealkylation sites (N-methyl/N-ethyl adjacent to an activating group) is 1. The van der Waals surface area contributed by atoms with E-state index in [1.165, 1.54) is 0 Å². The number of carbonyl (C=O) groups is 1. The summed E-state index contributed by atoms with van der Waals surface area (Å²) in [6, 6.07) is 0.393. The maximum absolute atomic E-state index is 12.5. The molecule has 2 unspecified atom stereocenters. The van der Waals surface area contributed by atoms with Gasteiger partial charge in [0, 0.05) is 12.6 Å². The van der Waals surface area contributed by atoms with Crippen LogP contribution in [0, 0.1) is 5.92 Å². The van der Waals surface area contributed by atoms with Crippen LogP contribution in [0.1, 0.15) is 46.5 Å². The zero-order chi connectivity index (χ0) is 14.5. The smallest absolute Gasteiger partial charge is 0.240 e. The lowest BCUT2D eigenvalue weighted by molar-refractivity contribution is -0.127. The van der Waals surface area contributed by atoms with Gasteiger partial charge in [-0.15, -0.1) is 0 Å². The second-order valence-corrected chi connectivity index (χ2v) is 6.35. The van der Waals surface area contributed by atoms with E-state index in [9.17, 15) is 4.79 Å². The summed E-state index contributed by atoms with van der Waals surface area (Å²) in [4.78, 5) is 14.7. The van der Waals surface area contributed by atoms with E-state index in [4.69, 9.17) is 0 Å². The molecule has 0 radical (unpaired) electrons. The van der Waals surface area contributed by atoms with Crippen LogP contribution in [0.5, 0.6) is 0 Å². The summed E-state index contributed by atoms with van der Waals surface area (Å²) >= 11 is 0. The topological polar surface area (TPSA) is 44.4 Å². The molecule has 0 aromatic heterocycles. The maximum atomic E-state index is 12.5. The van der Waals surface area contributed by atoms with E-state index in [1.807, 2.05) is 0 Å². The van der Waals surface area contributed by atoms with Gasteiger partial charge in [-0.2, -0.15) is 0 Å². The molecule has 0 aromatic rings. The number of amides is 1. The van der Waals surface area contributed by atoms with E-state index in [2.05, 4.69) is 50.4 Å². The summed E-state index contributed by atoms with van der Waals surface area (Å²) in [6.45, 7) is 8.25. The fourth-order valence-corrected chi connectivity index (χ4v) is 3.13. The first-order valence-corrected chi connectivity index (χ1v) is 7.62. The van der Waals surface area contributed by atoms with Crippen LogP contribution in [0.25, 0.3) is 0 Å². The highest BCUT2D eigenvalue weighted by Gasteiger charge is 2.39. The highest BCUT2D eigenvalue weighted by molar-refractivity contribution is 5.86. The summed E-state index contributed by atoms with van der Waals surface area (Å²) in [5, 5.41) is 6.60. The van der Waals surface area contributed by atoms with E-state index in [0.717, 1.165) is 38.8 Å². The lowest BCUT2D eigenvalue weighted by atomic mass is 9.90. The van der Waals surface area contributed by atoms with Crippen LogP contribution in [-0.4, -0.2) is 49.6 Å². The molecule has 112 valence electrons. The maximum Gasteiger partial charge on any atom is 0.240 e. The molecular formula is C15H31N3O. The Morgan fingerprint density at radius 1 is 1.42 bits per heavy atom. The Morgan fingerprint density at radius 2 is 2.11 bits per heavy atom. The van der Waals surface area contributed by atoms with Crippen LogP contribution in [0.4, 0.5) is 0 Å². The molecule has 2 atom stereocenters. The lowest BCUT2D eigenvalue weighted by Gasteiger charge is -2.32. The summed E-state index contributed by atoms with van der Waals surface area (Å²) < 4.78 is 0. The largest absolute Gasteiger partial charge is 0.353 e. The molecule has 4 heteroatoms. The van der Waals surface area contributed by atoms with Gasteiger partial charge in [-0.05, 0) is 45.8 Å². The predicted molar refractivity (Wildman–Crippen MR) is 80.2 cm³/mol. The fraction of sp³-hybridized carbons (Fsp3) is 0.933. The highest BCUT2D eigenvalue weighted by atomic mass is 16.2. The van der Waals surface area contributed by atoms with Gasteiger partial charge < -0.3 is 15.5 Å². The third kappa shape index (κ3) is 4.18. The van der Waals surface area contributed by atoms with Crippen LogP contribution in [0.3, 0.4) is 0 Å². The average molecular weight is 269 g/mol. The Kier molecular flexibility index (Phi) is 6.27. The van der Waals surface area contributed by atoms with E-state index in [0.29, 0.717) is 12.0 Å². The van der Waals surface area contributed by atoms with Gasteiger partial charge in [0.15, 0.2) is 0 Å². The molecule has 1 amide bonds. The first-order valence-electron chi connectivity index (χ1n) is 7.62. The van der Waals surface area contributed by atoms with Gasteiger partial charge in [0.2, 0.25) is 5.91 Å². The molecule has 0 bridgehead atoms. The third-order valence-electron chi connectivity index (χ3n) is 4.26. The molecule has 0 saturated carbocycles. The van der Waals surface area contributed by atoms with Crippen molar-refractivity contribution in [2.75, 3.05) is 27.2 Å². The van der Waals surface area contributed by atoms with Crippen LogP contribution in [-0.2, 0) is 4.79 Å². The first kappa shape index (κ1) is 16.4. The van der Waals surface area contributed by atoms with E-state index < -0.39 is 0 Å². The van der Waals surface area contributed by atoms with Crippen molar-refractivity contribution < 1.29 is 4.79 Å². The Hall–Kier alpha value is -0.610. The minimum atomic E-state index is -0.303.